The molecule has 31 heavy (non-hydrogen) atoms. The Morgan fingerprint density at radius 1 is 0.935 bits per heavy atom. The number of fused-ring (bicyclic) bond motifs is 1. The Morgan fingerprint density at radius 3 is 2.26 bits per heavy atom. The van der Waals surface area contributed by atoms with Crippen molar-refractivity contribution in [2.75, 3.05) is 0 Å². The Labute approximate surface area is 190 Å². The maximum absolute atomic E-state index is 5.07. The van der Waals surface area contributed by atoms with Gasteiger partial charge in [0.05, 0.1) is 16.5 Å². The number of benzene rings is 2. The third-order valence-corrected chi connectivity index (χ3v) is 6.75. The number of nitrogens with zero attached hydrogens (tertiary/aromatic N) is 3. The van der Waals surface area contributed by atoms with Crippen molar-refractivity contribution in [3.05, 3.63) is 70.0 Å². The fourth-order valence-corrected chi connectivity index (χ4v) is 4.97. The molecule has 162 valence electrons. The van der Waals surface area contributed by atoms with Crippen LogP contribution in [0.3, 0.4) is 0 Å². The maximum atomic E-state index is 5.07. The van der Waals surface area contributed by atoms with E-state index in [9.17, 15) is 0 Å². The lowest BCUT2D eigenvalue weighted by Crippen LogP contribution is -2.03. The molecule has 0 atom stereocenters. The van der Waals surface area contributed by atoms with E-state index in [0.717, 1.165) is 23.6 Å². The molecule has 0 saturated carbocycles. The van der Waals surface area contributed by atoms with E-state index < -0.39 is 0 Å². The van der Waals surface area contributed by atoms with Crippen molar-refractivity contribution >= 4 is 22.4 Å². The Balaban J connectivity index is 1.76. The molecule has 0 amide bonds. The summed E-state index contributed by atoms with van der Waals surface area (Å²) in [7, 11) is 0. The maximum Gasteiger partial charge on any atom is 0.160 e. The summed E-state index contributed by atoms with van der Waals surface area (Å²) in [6, 6.07) is 15.9. The molecule has 3 nitrogen and oxygen atoms in total. The monoisotopic (exact) mass is 431 g/mol. The summed E-state index contributed by atoms with van der Waals surface area (Å²) in [6.07, 6.45) is 4.91. The Hall–Kier alpha value is -2.46. The number of hydrogen-bond donors (Lipinski definition) is 0. The van der Waals surface area contributed by atoms with Crippen LogP contribution in [-0.4, -0.2) is 14.5 Å². The van der Waals surface area contributed by atoms with E-state index >= 15 is 0 Å². The molecule has 2 heterocycles. The molecule has 0 unspecified atom stereocenters. The van der Waals surface area contributed by atoms with Gasteiger partial charge in [0.2, 0.25) is 0 Å². The molecule has 0 spiro atoms. The summed E-state index contributed by atoms with van der Waals surface area (Å²) < 4.78 is 2.33. The molecule has 4 aromatic rings. The summed E-state index contributed by atoms with van der Waals surface area (Å²) >= 11 is 1.62. The van der Waals surface area contributed by atoms with Crippen LogP contribution in [0.1, 0.15) is 81.9 Å². The molecule has 0 aliphatic carbocycles. The van der Waals surface area contributed by atoms with Crippen molar-refractivity contribution in [1.29, 1.82) is 0 Å². The average Bonchev–Trinajstić information content (AvgIpc) is 3.42. The topological polar surface area (TPSA) is 30.7 Å². The predicted octanol–water partition coefficient (Wildman–Crippen LogP) is 8.02. The molecule has 2 aromatic heterocycles. The van der Waals surface area contributed by atoms with Gasteiger partial charge in [0, 0.05) is 11.9 Å². The first-order valence-corrected chi connectivity index (χ1v) is 12.5. The Bertz CT molecular complexity index is 1100. The fraction of sp³-hybridized carbons (Fsp3) is 0.407. The van der Waals surface area contributed by atoms with E-state index in [2.05, 4.69) is 85.1 Å². The molecule has 0 fully saturated rings. The van der Waals surface area contributed by atoms with E-state index in [4.69, 9.17) is 4.98 Å². The lowest BCUT2D eigenvalue weighted by molar-refractivity contribution is 0.561. The first kappa shape index (κ1) is 21.8. The van der Waals surface area contributed by atoms with Gasteiger partial charge in [-0.15, -0.1) is 11.3 Å². The van der Waals surface area contributed by atoms with Crippen LogP contribution in [0.15, 0.2) is 53.4 Å². The van der Waals surface area contributed by atoms with Gasteiger partial charge < -0.3 is 4.57 Å². The zero-order valence-corrected chi connectivity index (χ0v) is 20.0. The van der Waals surface area contributed by atoms with Crippen LogP contribution >= 0.6 is 11.3 Å². The quantitative estimate of drug-likeness (QED) is 0.269. The van der Waals surface area contributed by atoms with Crippen LogP contribution in [0.5, 0.6) is 0 Å². The molecule has 0 aliphatic heterocycles. The minimum Gasteiger partial charge on any atom is -0.318 e. The van der Waals surface area contributed by atoms with Crippen LogP contribution in [0.2, 0.25) is 0 Å². The molecular weight excluding hydrogens is 398 g/mol. The molecule has 0 bridgehead atoms. The number of aromatic nitrogens is 3. The average molecular weight is 432 g/mol. The second kappa shape index (κ2) is 9.78. The standard InChI is InChI=1S/C27H33N3S/c1-5-7-22(8-6-2)23-13-14-26-24(15-23)29-27(25-17-31-18-28-25)30(26)16-20-9-11-21(12-10-20)19(3)4/h9-15,17-19,22H,5-8,16H2,1-4H3. The summed E-state index contributed by atoms with van der Waals surface area (Å²) in [5, 5.41) is 2.09. The zero-order valence-electron chi connectivity index (χ0n) is 19.1. The molecule has 4 rings (SSSR count). The van der Waals surface area contributed by atoms with Gasteiger partial charge in [0.15, 0.2) is 5.82 Å². The van der Waals surface area contributed by atoms with Gasteiger partial charge in [-0.3, -0.25) is 0 Å². The van der Waals surface area contributed by atoms with Crippen LogP contribution in [-0.2, 0) is 6.54 Å². The van der Waals surface area contributed by atoms with Crippen LogP contribution < -0.4 is 0 Å². The van der Waals surface area contributed by atoms with Crippen molar-refractivity contribution in [3.8, 4) is 11.5 Å². The van der Waals surface area contributed by atoms with Gasteiger partial charge in [-0.05, 0) is 53.5 Å². The van der Waals surface area contributed by atoms with E-state index in [-0.39, 0.29) is 0 Å². The molecule has 2 aromatic carbocycles. The Kier molecular flexibility index (Phi) is 6.86. The van der Waals surface area contributed by atoms with E-state index in [0.29, 0.717) is 11.8 Å². The predicted molar refractivity (Wildman–Crippen MR) is 133 cm³/mol. The lowest BCUT2D eigenvalue weighted by atomic mass is 9.90. The Morgan fingerprint density at radius 2 is 1.65 bits per heavy atom. The molecule has 4 heteroatoms. The third kappa shape index (κ3) is 4.74. The number of imidazole rings is 1. The minimum atomic E-state index is 0.548. The summed E-state index contributed by atoms with van der Waals surface area (Å²) in [4.78, 5) is 9.64. The SMILES string of the molecule is CCCC(CCC)c1ccc2c(c1)nc(-c1cscn1)n2Cc1ccc(C(C)C)cc1. The largest absolute Gasteiger partial charge is 0.318 e. The molecule has 0 radical (unpaired) electrons. The zero-order chi connectivity index (χ0) is 21.8. The smallest absolute Gasteiger partial charge is 0.160 e. The number of hydrogen-bond acceptors (Lipinski definition) is 3. The second-order valence-electron chi connectivity index (χ2n) is 8.81. The highest BCUT2D eigenvalue weighted by Crippen LogP contribution is 2.32. The van der Waals surface area contributed by atoms with Gasteiger partial charge in [0.25, 0.3) is 0 Å². The highest BCUT2D eigenvalue weighted by Gasteiger charge is 2.17. The fourth-order valence-electron chi connectivity index (χ4n) is 4.44. The lowest BCUT2D eigenvalue weighted by Gasteiger charge is -2.16. The van der Waals surface area contributed by atoms with Crippen molar-refractivity contribution in [3.63, 3.8) is 0 Å². The van der Waals surface area contributed by atoms with Crippen molar-refractivity contribution in [1.82, 2.24) is 14.5 Å². The first-order chi connectivity index (χ1) is 15.1. The van der Waals surface area contributed by atoms with E-state index in [1.54, 1.807) is 11.3 Å². The highest BCUT2D eigenvalue weighted by atomic mass is 32.1. The van der Waals surface area contributed by atoms with Gasteiger partial charge in [0.1, 0.15) is 5.69 Å². The first-order valence-electron chi connectivity index (χ1n) is 11.6. The van der Waals surface area contributed by atoms with E-state index in [1.807, 2.05) is 5.51 Å². The van der Waals surface area contributed by atoms with Gasteiger partial charge in [-0.2, -0.15) is 0 Å². The van der Waals surface area contributed by atoms with Crippen LogP contribution in [0.25, 0.3) is 22.6 Å². The van der Waals surface area contributed by atoms with E-state index in [1.165, 1.54) is 47.9 Å². The van der Waals surface area contributed by atoms with Gasteiger partial charge in [-0.25, -0.2) is 9.97 Å². The van der Waals surface area contributed by atoms with Gasteiger partial charge >= 0.3 is 0 Å². The van der Waals surface area contributed by atoms with Crippen LogP contribution in [0.4, 0.5) is 0 Å². The minimum absolute atomic E-state index is 0.548. The molecule has 0 aliphatic rings. The molecule has 0 saturated heterocycles. The van der Waals surface area contributed by atoms with Gasteiger partial charge in [-0.1, -0.05) is 70.9 Å². The summed E-state index contributed by atoms with van der Waals surface area (Å²) in [6.45, 7) is 9.83. The van der Waals surface area contributed by atoms with Crippen molar-refractivity contribution < 1.29 is 0 Å². The van der Waals surface area contributed by atoms with Crippen LogP contribution in [0, 0.1) is 0 Å². The molecule has 0 N–H and O–H groups in total. The highest BCUT2D eigenvalue weighted by molar-refractivity contribution is 7.07. The van der Waals surface area contributed by atoms with Crippen molar-refractivity contribution in [2.45, 2.75) is 71.8 Å². The number of rotatable bonds is 9. The second-order valence-corrected chi connectivity index (χ2v) is 9.53. The number of thiazole rings is 1. The normalized spacial score (nSPS) is 11.8. The summed E-state index contributed by atoms with van der Waals surface area (Å²) in [5.41, 5.74) is 9.20. The van der Waals surface area contributed by atoms with Crippen molar-refractivity contribution in [2.24, 2.45) is 0 Å². The third-order valence-electron chi connectivity index (χ3n) is 6.17. The summed E-state index contributed by atoms with van der Waals surface area (Å²) in [5.74, 6) is 2.13. The molecular formula is C27H33N3S.